The standard InChI is InChI=1S/C45H73N7O9/c1-11-27(4)40(50(8)39(26(2)3)43(47)57)35(60-9)24-36(53)51-22-16-20-33(51)41(61-10)29(6)44(58)52(45(59)38(48-7)28(5)17-12-15-21-37(54)55)34(42(46)56)23-30-25-49-32-19-14-13-18-31(30)32/h13-14,18-19,25-29,33-35,38-41,48-49H,11-12,15-17,20-24H2,1-10H3,(H2,46,56)(H2,47,57)(H,54,55)/t27-,28?,29+,33-,34-,35+,38-,39-,40-,41+/m0/s1. The van der Waals surface area contributed by atoms with E-state index in [2.05, 4.69) is 17.2 Å². The summed E-state index contributed by atoms with van der Waals surface area (Å²) in [4.78, 5) is 89.4. The molecule has 1 aliphatic heterocycles. The van der Waals surface area contributed by atoms with Crippen molar-refractivity contribution in [2.45, 2.75) is 142 Å². The number of aromatic amines is 1. The highest BCUT2D eigenvalue weighted by molar-refractivity contribution is 6.03. The number of aliphatic carboxylic acids is 1. The van der Waals surface area contributed by atoms with E-state index in [1.165, 1.54) is 7.11 Å². The maximum atomic E-state index is 15.1. The van der Waals surface area contributed by atoms with Gasteiger partial charge in [-0.05, 0) is 69.2 Å². The first-order chi connectivity index (χ1) is 28.9. The summed E-state index contributed by atoms with van der Waals surface area (Å²) in [5.74, 6) is -5.12. The third kappa shape index (κ3) is 12.6. The van der Waals surface area contributed by atoms with Crippen molar-refractivity contribution in [2.75, 3.05) is 34.9 Å². The quantitative estimate of drug-likeness (QED) is 0.0857. The van der Waals surface area contributed by atoms with E-state index in [0.717, 1.165) is 22.2 Å². The first kappa shape index (κ1) is 51.0. The number of unbranched alkanes of at least 4 members (excludes halogenated alkanes) is 1. The van der Waals surface area contributed by atoms with Gasteiger partial charge in [0.05, 0.1) is 42.7 Å². The Balaban J connectivity index is 2.01. The van der Waals surface area contributed by atoms with Crippen LogP contribution in [0.25, 0.3) is 10.9 Å². The summed E-state index contributed by atoms with van der Waals surface area (Å²) >= 11 is 0. The number of ether oxygens (including phenoxy) is 2. The molecular formula is C45H73N7O9. The van der Waals surface area contributed by atoms with Gasteiger partial charge in [-0.15, -0.1) is 0 Å². The summed E-state index contributed by atoms with van der Waals surface area (Å²) in [5.41, 5.74) is 13.5. The number of nitrogens with two attached hydrogens (primary N) is 2. The molecule has 5 amide bonds. The Morgan fingerprint density at radius 1 is 0.967 bits per heavy atom. The molecule has 1 aromatic heterocycles. The number of imide groups is 1. The molecule has 10 atom stereocenters. The number of benzene rings is 1. The third-order valence-electron chi connectivity index (χ3n) is 12.9. The van der Waals surface area contributed by atoms with E-state index in [4.69, 9.17) is 26.0 Å². The molecule has 0 spiro atoms. The lowest BCUT2D eigenvalue weighted by atomic mass is 9.88. The predicted octanol–water partition coefficient (Wildman–Crippen LogP) is 3.69. The second kappa shape index (κ2) is 23.7. The van der Waals surface area contributed by atoms with E-state index < -0.39 is 71.9 Å². The van der Waals surface area contributed by atoms with Crippen molar-refractivity contribution < 1.29 is 43.3 Å². The van der Waals surface area contributed by atoms with E-state index in [9.17, 15) is 24.0 Å². The average Bonchev–Trinajstić information content (AvgIpc) is 3.86. The van der Waals surface area contributed by atoms with E-state index >= 15 is 4.79 Å². The minimum atomic E-state index is -1.37. The van der Waals surface area contributed by atoms with Crippen LogP contribution in [0.4, 0.5) is 0 Å². The van der Waals surface area contributed by atoms with Gasteiger partial charge in [-0.1, -0.05) is 72.6 Å². The van der Waals surface area contributed by atoms with Crippen LogP contribution in [0.2, 0.25) is 0 Å². The number of methoxy groups -OCH3 is 2. The molecule has 1 unspecified atom stereocenters. The van der Waals surface area contributed by atoms with Gasteiger partial charge in [0.1, 0.15) is 6.04 Å². The number of primary amides is 2. The number of nitrogens with zero attached hydrogens (tertiary/aromatic N) is 3. The highest BCUT2D eigenvalue weighted by atomic mass is 16.5. The van der Waals surface area contributed by atoms with Crippen molar-refractivity contribution in [3.8, 4) is 0 Å². The Morgan fingerprint density at radius 3 is 2.20 bits per heavy atom. The first-order valence-electron chi connectivity index (χ1n) is 21.8. The van der Waals surface area contributed by atoms with Crippen molar-refractivity contribution >= 4 is 46.4 Å². The zero-order valence-corrected chi connectivity index (χ0v) is 38.0. The maximum absolute atomic E-state index is 15.1. The molecule has 2 aromatic rings. The monoisotopic (exact) mass is 856 g/mol. The lowest BCUT2D eigenvalue weighted by Gasteiger charge is -2.42. The van der Waals surface area contributed by atoms with E-state index in [0.29, 0.717) is 44.2 Å². The smallest absolute Gasteiger partial charge is 0.303 e. The SMILES string of the molecule is CC[C@H](C)[C@@H]([C@@H](CC(=O)N1CCC[C@H]1[C@H](OC)[C@@H](C)C(=O)N(C(=O)[C@@H](NC)C(C)CCCCC(=O)O)[C@@H](Cc1c[nH]c2ccccc12)C(N)=O)OC)N(C)[C@H](C(N)=O)C(C)C. The van der Waals surface area contributed by atoms with Crippen molar-refractivity contribution in [3.05, 3.63) is 36.0 Å². The number of carboxylic acid groups (broad SMARTS) is 1. The highest BCUT2D eigenvalue weighted by Crippen LogP contribution is 2.32. The molecule has 1 aromatic carbocycles. The summed E-state index contributed by atoms with van der Waals surface area (Å²) in [5, 5.41) is 13.0. The van der Waals surface area contributed by atoms with Crippen LogP contribution >= 0.6 is 0 Å². The number of carbonyl (C=O) groups excluding carboxylic acids is 5. The van der Waals surface area contributed by atoms with Crippen LogP contribution in [0, 0.1) is 23.7 Å². The number of aromatic nitrogens is 1. The van der Waals surface area contributed by atoms with Gasteiger partial charge in [-0.25, -0.2) is 0 Å². The van der Waals surface area contributed by atoms with Gasteiger partial charge >= 0.3 is 5.97 Å². The van der Waals surface area contributed by atoms with Gasteiger partial charge in [0.2, 0.25) is 29.5 Å². The lowest BCUT2D eigenvalue weighted by molar-refractivity contribution is -0.160. The number of carboxylic acids is 1. The fourth-order valence-corrected chi connectivity index (χ4v) is 9.54. The Hall–Kier alpha value is -4.38. The molecular weight excluding hydrogens is 783 g/mol. The van der Waals surface area contributed by atoms with E-state index in [1.54, 1.807) is 32.2 Å². The van der Waals surface area contributed by atoms with Crippen molar-refractivity contribution in [3.63, 3.8) is 0 Å². The number of amides is 5. The topological polar surface area (TPSA) is 231 Å². The molecule has 7 N–H and O–H groups in total. The summed E-state index contributed by atoms with van der Waals surface area (Å²) in [6.07, 6.45) is 3.63. The Kier molecular flexibility index (Phi) is 19.8. The number of likely N-dealkylation sites (tertiary alicyclic amines) is 1. The fraction of sp³-hybridized carbons (Fsp3) is 0.689. The van der Waals surface area contributed by atoms with Gasteiger partial charge < -0.3 is 41.2 Å². The van der Waals surface area contributed by atoms with Gasteiger partial charge in [0.15, 0.2) is 0 Å². The summed E-state index contributed by atoms with van der Waals surface area (Å²) in [6, 6.07) is 3.77. The normalized spacial score (nSPS) is 18.9. The molecule has 1 aliphatic rings. The van der Waals surface area contributed by atoms with Gasteiger partial charge in [0.25, 0.3) is 0 Å². The van der Waals surface area contributed by atoms with Crippen LogP contribution in [0.5, 0.6) is 0 Å². The molecule has 16 nitrogen and oxygen atoms in total. The number of nitrogens with one attached hydrogen (secondary N) is 2. The Bertz CT molecular complexity index is 1780. The second-order valence-electron chi connectivity index (χ2n) is 17.3. The average molecular weight is 856 g/mol. The van der Waals surface area contributed by atoms with Crippen LogP contribution < -0.4 is 16.8 Å². The number of fused-ring (bicyclic) bond motifs is 1. The molecule has 1 fully saturated rings. The zero-order chi connectivity index (χ0) is 45.7. The predicted molar refractivity (Wildman–Crippen MR) is 234 cm³/mol. The van der Waals surface area contributed by atoms with Crippen LogP contribution in [0.3, 0.4) is 0 Å². The molecule has 0 aliphatic carbocycles. The van der Waals surface area contributed by atoms with Crippen LogP contribution in [-0.4, -0.2) is 138 Å². The lowest BCUT2D eigenvalue weighted by Crippen LogP contribution is -2.61. The number of likely N-dealkylation sites (N-methyl/N-ethyl adjacent to an activating group) is 2. The van der Waals surface area contributed by atoms with Crippen molar-refractivity contribution in [1.29, 1.82) is 0 Å². The van der Waals surface area contributed by atoms with Crippen molar-refractivity contribution in [2.24, 2.45) is 35.1 Å². The number of carbonyl (C=O) groups is 6. The third-order valence-corrected chi connectivity index (χ3v) is 12.9. The van der Waals surface area contributed by atoms with Crippen molar-refractivity contribution in [1.82, 2.24) is 25.0 Å². The largest absolute Gasteiger partial charge is 0.481 e. The zero-order valence-electron chi connectivity index (χ0n) is 38.0. The minimum Gasteiger partial charge on any atom is -0.481 e. The molecule has 0 saturated carbocycles. The number of rotatable bonds is 26. The van der Waals surface area contributed by atoms with Crippen LogP contribution in [0.15, 0.2) is 30.5 Å². The highest BCUT2D eigenvalue weighted by Gasteiger charge is 2.47. The van der Waals surface area contributed by atoms with E-state index in [-0.39, 0.29) is 49.0 Å². The summed E-state index contributed by atoms with van der Waals surface area (Å²) in [7, 11) is 6.48. The first-order valence-corrected chi connectivity index (χ1v) is 21.8. The molecule has 0 radical (unpaired) electrons. The number of H-pyrrole nitrogens is 1. The number of para-hydroxylation sites is 1. The summed E-state index contributed by atoms with van der Waals surface area (Å²) < 4.78 is 12.1. The minimum absolute atomic E-state index is 0.00185. The van der Waals surface area contributed by atoms with Crippen LogP contribution in [-0.2, 0) is 44.7 Å². The Morgan fingerprint density at radius 2 is 1.64 bits per heavy atom. The molecule has 342 valence electrons. The maximum Gasteiger partial charge on any atom is 0.303 e. The second-order valence-corrected chi connectivity index (χ2v) is 17.3. The fourth-order valence-electron chi connectivity index (χ4n) is 9.54. The molecule has 61 heavy (non-hydrogen) atoms. The molecule has 3 rings (SSSR count). The summed E-state index contributed by atoms with van der Waals surface area (Å²) in [6.45, 7) is 11.9. The van der Waals surface area contributed by atoms with Gasteiger partial charge in [-0.2, -0.15) is 0 Å². The number of hydrogen-bond acceptors (Lipinski definition) is 10. The molecule has 2 heterocycles. The van der Waals surface area contributed by atoms with E-state index in [1.807, 2.05) is 63.9 Å². The van der Waals surface area contributed by atoms with Crippen LogP contribution in [0.1, 0.15) is 98.5 Å². The number of hydrogen-bond donors (Lipinski definition) is 5. The molecule has 16 heteroatoms. The van der Waals surface area contributed by atoms with Gasteiger partial charge in [-0.3, -0.25) is 38.6 Å². The van der Waals surface area contributed by atoms with Gasteiger partial charge in [0, 0.05) is 56.7 Å². The Labute approximate surface area is 361 Å². The molecule has 0 bridgehead atoms. The molecule has 1 saturated heterocycles.